The molecule has 0 spiro atoms. The highest BCUT2D eigenvalue weighted by Gasteiger charge is 2.34. The number of hydrogen-bond donors (Lipinski definition) is 2. The van der Waals surface area contributed by atoms with E-state index in [1.165, 1.54) is 11.3 Å². The topological polar surface area (TPSA) is 115 Å². The number of aliphatic hydroxyl groups excluding tert-OH is 1. The van der Waals surface area contributed by atoms with Crippen LogP contribution in [0.1, 0.15) is 108 Å². The van der Waals surface area contributed by atoms with Crippen LogP contribution in [0.2, 0.25) is 0 Å². The van der Waals surface area contributed by atoms with E-state index >= 15 is 0 Å². The molecule has 0 saturated heterocycles. The van der Waals surface area contributed by atoms with Crippen LogP contribution < -0.4 is 5.73 Å². The quantitative estimate of drug-likeness (QED) is 0.193. The van der Waals surface area contributed by atoms with Crippen molar-refractivity contribution in [2.24, 2.45) is 17.6 Å². The molecule has 0 radical (unpaired) electrons. The summed E-state index contributed by atoms with van der Waals surface area (Å²) in [7, 11) is 0. The molecule has 1 aromatic heterocycles. The Hall–Kier alpha value is -1.55. The van der Waals surface area contributed by atoms with Crippen molar-refractivity contribution in [3.8, 4) is 0 Å². The molecule has 36 heavy (non-hydrogen) atoms. The van der Waals surface area contributed by atoms with Crippen LogP contribution in [0.5, 0.6) is 0 Å². The molecule has 0 aliphatic heterocycles. The Morgan fingerprint density at radius 2 is 1.86 bits per heavy atom. The maximum Gasteiger partial charge on any atom is 0.357 e. The fourth-order valence-electron chi connectivity index (χ4n) is 4.08. The zero-order chi connectivity index (χ0) is 27.1. The largest absolute Gasteiger partial charge is 0.461 e. The van der Waals surface area contributed by atoms with Crippen LogP contribution in [0, 0.1) is 11.8 Å². The van der Waals surface area contributed by atoms with Gasteiger partial charge in [-0.25, -0.2) is 9.78 Å². The van der Waals surface area contributed by atoms with Gasteiger partial charge >= 0.3 is 5.97 Å². The number of nitrogens with zero attached hydrogens (tertiary/aromatic N) is 2. The summed E-state index contributed by atoms with van der Waals surface area (Å²) in [4.78, 5) is 32.3. The van der Waals surface area contributed by atoms with Gasteiger partial charge in [-0.1, -0.05) is 60.3 Å². The molecule has 4 atom stereocenters. The molecule has 0 bridgehead atoms. The fourth-order valence-corrected chi connectivity index (χ4v) is 4.93. The number of esters is 1. The van der Waals surface area contributed by atoms with E-state index < -0.39 is 18.1 Å². The first-order valence-electron chi connectivity index (χ1n) is 13.6. The van der Waals surface area contributed by atoms with Crippen molar-refractivity contribution < 1.29 is 24.2 Å². The molecule has 1 amide bonds. The SMILES string of the molecule is CCCCCCN(C(=O)[C@@H](N)[C@@H](C)CC)[C@H](C[C@@H](OCCCO)c1nc(C(=O)OCC)cs1)C(C)C. The third kappa shape index (κ3) is 10.4. The van der Waals surface area contributed by atoms with Crippen molar-refractivity contribution in [1.82, 2.24) is 9.88 Å². The molecule has 0 fully saturated rings. The summed E-state index contributed by atoms with van der Waals surface area (Å²) < 4.78 is 11.3. The molecular formula is C27H49N3O5S. The summed E-state index contributed by atoms with van der Waals surface area (Å²) in [5, 5.41) is 11.6. The Labute approximate surface area is 221 Å². The summed E-state index contributed by atoms with van der Waals surface area (Å²) in [5.74, 6) is -0.217. The molecule has 1 heterocycles. The molecule has 208 valence electrons. The molecule has 9 heteroatoms. The van der Waals surface area contributed by atoms with Crippen LogP contribution in [-0.2, 0) is 14.3 Å². The van der Waals surface area contributed by atoms with E-state index in [0.29, 0.717) is 31.0 Å². The van der Waals surface area contributed by atoms with Crippen molar-refractivity contribution in [3.63, 3.8) is 0 Å². The molecule has 0 aromatic carbocycles. The Balaban J connectivity index is 3.25. The molecular weight excluding hydrogens is 478 g/mol. The lowest BCUT2D eigenvalue weighted by Gasteiger charge is -2.38. The zero-order valence-corrected chi connectivity index (χ0v) is 24.0. The second kappa shape index (κ2) is 17.8. The lowest BCUT2D eigenvalue weighted by Crippen LogP contribution is -2.53. The van der Waals surface area contributed by atoms with Crippen molar-refractivity contribution in [2.75, 3.05) is 26.4 Å². The van der Waals surface area contributed by atoms with Gasteiger partial charge < -0.3 is 25.2 Å². The van der Waals surface area contributed by atoms with E-state index in [0.717, 1.165) is 32.1 Å². The lowest BCUT2D eigenvalue weighted by molar-refractivity contribution is -0.138. The average molecular weight is 528 g/mol. The number of rotatable bonds is 19. The highest BCUT2D eigenvalue weighted by atomic mass is 32.1. The van der Waals surface area contributed by atoms with E-state index in [2.05, 4.69) is 32.7 Å². The molecule has 0 unspecified atom stereocenters. The summed E-state index contributed by atoms with van der Waals surface area (Å²) in [5.41, 5.74) is 6.70. The van der Waals surface area contributed by atoms with Gasteiger partial charge in [0.05, 0.1) is 12.6 Å². The van der Waals surface area contributed by atoms with Gasteiger partial charge in [-0.2, -0.15) is 0 Å². The van der Waals surface area contributed by atoms with Crippen LogP contribution in [0.15, 0.2) is 5.38 Å². The first-order chi connectivity index (χ1) is 17.2. The summed E-state index contributed by atoms with van der Waals surface area (Å²) >= 11 is 1.36. The molecule has 0 aliphatic carbocycles. The molecule has 0 saturated carbocycles. The number of aliphatic hydroxyl groups is 1. The third-order valence-electron chi connectivity index (χ3n) is 6.61. The minimum Gasteiger partial charge on any atom is -0.461 e. The van der Waals surface area contributed by atoms with Gasteiger partial charge in [0, 0.05) is 37.6 Å². The van der Waals surface area contributed by atoms with Gasteiger partial charge in [0.15, 0.2) is 5.69 Å². The van der Waals surface area contributed by atoms with Crippen LogP contribution in [0.4, 0.5) is 0 Å². The Bertz CT molecular complexity index is 758. The number of amides is 1. The lowest BCUT2D eigenvalue weighted by atomic mass is 9.92. The number of nitrogens with two attached hydrogens (primary N) is 1. The maximum atomic E-state index is 13.6. The Morgan fingerprint density at radius 1 is 1.14 bits per heavy atom. The first-order valence-corrected chi connectivity index (χ1v) is 14.5. The van der Waals surface area contributed by atoms with Crippen molar-refractivity contribution >= 4 is 23.2 Å². The Morgan fingerprint density at radius 3 is 2.44 bits per heavy atom. The third-order valence-corrected chi connectivity index (χ3v) is 7.54. The van der Waals surface area contributed by atoms with Crippen molar-refractivity contribution in [3.05, 3.63) is 16.1 Å². The van der Waals surface area contributed by atoms with Crippen LogP contribution in [-0.4, -0.2) is 65.3 Å². The molecule has 1 aromatic rings. The number of thiazole rings is 1. The maximum absolute atomic E-state index is 13.6. The second-order valence-electron chi connectivity index (χ2n) is 9.78. The predicted octanol–water partition coefficient (Wildman–Crippen LogP) is 4.96. The van der Waals surface area contributed by atoms with Crippen molar-refractivity contribution in [2.45, 2.75) is 105 Å². The van der Waals surface area contributed by atoms with E-state index in [4.69, 9.17) is 15.2 Å². The number of ether oxygens (including phenoxy) is 2. The van der Waals surface area contributed by atoms with Gasteiger partial charge in [-0.3, -0.25) is 4.79 Å². The number of carbonyl (C=O) groups is 2. The molecule has 0 aliphatic rings. The second-order valence-corrected chi connectivity index (χ2v) is 10.7. The fraction of sp³-hybridized carbons (Fsp3) is 0.815. The van der Waals surface area contributed by atoms with E-state index in [-0.39, 0.29) is 42.7 Å². The first kappa shape index (κ1) is 32.5. The smallest absolute Gasteiger partial charge is 0.357 e. The van der Waals surface area contributed by atoms with Crippen LogP contribution >= 0.6 is 11.3 Å². The number of carbonyl (C=O) groups excluding carboxylic acids is 2. The summed E-state index contributed by atoms with van der Waals surface area (Å²) in [6, 6.07) is -0.658. The molecule has 1 rings (SSSR count). The van der Waals surface area contributed by atoms with Gasteiger partial charge in [0.2, 0.25) is 5.91 Å². The summed E-state index contributed by atoms with van der Waals surface area (Å²) in [6.45, 7) is 13.6. The normalized spacial score (nSPS) is 14.9. The van der Waals surface area contributed by atoms with Gasteiger partial charge in [-0.05, 0) is 31.6 Å². The van der Waals surface area contributed by atoms with Gasteiger partial charge in [0.25, 0.3) is 0 Å². The number of hydrogen-bond acceptors (Lipinski definition) is 8. The minimum atomic E-state index is -0.550. The summed E-state index contributed by atoms with van der Waals surface area (Å²) in [6.07, 6.45) is 5.71. The van der Waals surface area contributed by atoms with Gasteiger partial charge in [-0.15, -0.1) is 11.3 Å². The molecule has 3 N–H and O–H groups in total. The van der Waals surface area contributed by atoms with Gasteiger partial charge in [0.1, 0.15) is 11.1 Å². The monoisotopic (exact) mass is 527 g/mol. The Kier molecular flexibility index (Phi) is 16.1. The highest BCUT2D eigenvalue weighted by molar-refractivity contribution is 7.09. The minimum absolute atomic E-state index is 0.0139. The number of unbranched alkanes of at least 4 members (excludes halogenated alkanes) is 3. The standard InChI is InChI=1S/C27H49N3O5S/c1-7-10-11-12-14-30(26(32)24(28)20(6)8-2)22(19(4)5)17-23(35-16-13-15-31)25-29-21(18-36-25)27(33)34-9-3/h18-20,22-24,31H,7-17,28H2,1-6H3/t20-,22+,23+,24-/m0/s1. The van der Waals surface area contributed by atoms with Crippen molar-refractivity contribution in [1.29, 1.82) is 0 Å². The van der Waals surface area contributed by atoms with Crippen LogP contribution in [0.25, 0.3) is 0 Å². The highest BCUT2D eigenvalue weighted by Crippen LogP contribution is 2.31. The number of aromatic nitrogens is 1. The van der Waals surface area contributed by atoms with E-state index in [9.17, 15) is 14.7 Å². The molecule has 8 nitrogen and oxygen atoms in total. The predicted molar refractivity (Wildman–Crippen MR) is 145 cm³/mol. The average Bonchev–Trinajstić information content (AvgIpc) is 3.36. The van der Waals surface area contributed by atoms with E-state index in [1.54, 1.807) is 12.3 Å². The van der Waals surface area contributed by atoms with E-state index in [1.807, 2.05) is 11.8 Å². The van der Waals surface area contributed by atoms with Crippen LogP contribution in [0.3, 0.4) is 0 Å². The zero-order valence-electron chi connectivity index (χ0n) is 23.2.